The van der Waals surface area contributed by atoms with E-state index in [0.29, 0.717) is 0 Å². The summed E-state index contributed by atoms with van der Waals surface area (Å²) in [4.78, 5) is 0. The Morgan fingerprint density at radius 2 is 1.28 bits per heavy atom. The summed E-state index contributed by atoms with van der Waals surface area (Å²) >= 11 is 2.27. The molecule has 1 aliphatic carbocycles. The number of benzene rings is 2. The Balaban J connectivity index is 2.11. The second kappa shape index (κ2) is 7.06. The summed E-state index contributed by atoms with van der Waals surface area (Å²) < 4.78 is 23.7. The van der Waals surface area contributed by atoms with Crippen LogP contribution in [0.3, 0.4) is 0 Å². The van der Waals surface area contributed by atoms with E-state index in [0.717, 1.165) is 25.8 Å². The Kier molecular flexibility index (Phi) is 5.19. The molecule has 0 bridgehead atoms. The van der Waals surface area contributed by atoms with Crippen molar-refractivity contribution in [3.8, 4) is 11.8 Å². The number of hydrogen-bond acceptors (Lipinski definition) is 4. The number of halogens is 1. The van der Waals surface area contributed by atoms with E-state index < -0.39 is 11.6 Å². The molecule has 0 radical (unpaired) electrons. The SMILES string of the molecule is COC1(OC)c2cc(I)c(C#Cc3ccccc3)cc2C1(OC)OC. The van der Waals surface area contributed by atoms with Crippen molar-refractivity contribution in [2.45, 2.75) is 11.6 Å². The summed E-state index contributed by atoms with van der Waals surface area (Å²) in [6.45, 7) is 0. The highest BCUT2D eigenvalue weighted by Crippen LogP contribution is 2.58. The molecule has 4 nitrogen and oxygen atoms in total. The highest BCUT2D eigenvalue weighted by molar-refractivity contribution is 14.1. The van der Waals surface area contributed by atoms with Crippen molar-refractivity contribution < 1.29 is 18.9 Å². The van der Waals surface area contributed by atoms with Crippen LogP contribution in [0.15, 0.2) is 42.5 Å². The molecule has 3 rings (SSSR count). The molecule has 0 saturated heterocycles. The van der Waals surface area contributed by atoms with Crippen molar-refractivity contribution in [1.82, 2.24) is 0 Å². The van der Waals surface area contributed by atoms with Gasteiger partial charge in [0.25, 0.3) is 11.6 Å². The summed E-state index contributed by atoms with van der Waals surface area (Å²) in [5.74, 6) is 4.19. The molecule has 2 aromatic rings. The molecule has 5 heteroatoms. The summed E-state index contributed by atoms with van der Waals surface area (Å²) in [7, 11) is 6.31. The predicted octanol–water partition coefficient (Wildman–Crippen LogP) is 3.60. The number of hydrogen-bond donors (Lipinski definition) is 0. The van der Waals surface area contributed by atoms with Gasteiger partial charge >= 0.3 is 0 Å². The molecule has 0 spiro atoms. The van der Waals surface area contributed by atoms with Crippen LogP contribution in [-0.2, 0) is 30.5 Å². The van der Waals surface area contributed by atoms with Crippen molar-refractivity contribution in [3.05, 3.63) is 68.3 Å². The molecular formula is C20H19IO4. The van der Waals surface area contributed by atoms with Crippen molar-refractivity contribution in [1.29, 1.82) is 0 Å². The maximum absolute atomic E-state index is 5.68. The summed E-state index contributed by atoms with van der Waals surface area (Å²) in [5.41, 5.74) is 3.62. The lowest BCUT2D eigenvalue weighted by atomic mass is 9.74. The molecule has 0 fully saturated rings. The number of methoxy groups -OCH3 is 4. The fraction of sp³-hybridized carbons (Fsp3) is 0.300. The van der Waals surface area contributed by atoms with E-state index in [-0.39, 0.29) is 0 Å². The molecule has 0 saturated carbocycles. The van der Waals surface area contributed by atoms with E-state index >= 15 is 0 Å². The number of rotatable bonds is 4. The van der Waals surface area contributed by atoms with Crippen LogP contribution < -0.4 is 0 Å². The monoisotopic (exact) mass is 450 g/mol. The van der Waals surface area contributed by atoms with Crippen molar-refractivity contribution >= 4 is 22.6 Å². The lowest BCUT2D eigenvalue weighted by molar-refractivity contribution is -0.429. The number of fused-ring (bicyclic) bond motifs is 1. The molecule has 2 aromatic carbocycles. The minimum atomic E-state index is -1.13. The normalized spacial score (nSPS) is 16.4. The highest BCUT2D eigenvalue weighted by Gasteiger charge is 2.68. The van der Waals surface area contributed by atoms with Crippen LogP contribution in [0.1, 0.15) is 22.3 Å². The first-order valence-electron chi connectivity index (χ1n) is 7.70. The quantitative estimate of drug-likeness (QED) is 0.406. The smallest absolute Gasteiger partial charge is 0.256 e. The number of ether oxygens (including phenoxy) is 4. The van der Waals surface area contributed by atoms with Gasteiger partial charge in [0.2, 0.25) is 0 Å². The minimum absolute atomic E-state index is 0.860. The third-order valence-corrected chi connectivity index (χ3v) is 5.41. The topological polar surface area (TPSA) is 36.9 Å². The highest BCUT2D eigenvalue weighted by atomic mass is 127. The van der Waals surface area contributed by atoms with Gasteiger partial charge in [-0.3, -0.25) is 0 Å². The first-order valence-corrected chi connectivity index (χ1v) is 8.78. The molecular weight excluding hydrogens is 431 g/mol. The molecule has 25 heavy (non-hydrogen) atoms. The Morgan fingerprint density at radius 1 is 0.760 bits per heavy atom. The first-order chi connectivity index (χ1) is 12.1. The van der Waals surface area contributed by atoms with Gasteiger partial charge in [-0.25, -0.2) is 0 Å². The van der Waals surface area contributed by atoms with Crippen molar-refractivity contribution in [3.63, 3.8) is 0 Å². The van der Waals surface area contributed by atoms with Gasteiger partial charge in [-0.1, -0.05) is 30.0 Å². The zero-order valence-electron chi connectivity index (χ0n) is 14.6. The van der Waals surface area contributed by atoms with E-state index in [1.54, 1.807) is 28.4 Å². The van der Waals surface area contributed by atoms with Gasteiger partial charge in [-0.05, 0) is 46.9 Å². The lowest BCUT2D eigenvalue weighted by Gasteiger charge is -2.55. The average molecular weight is 450 g/mol. The van der Waals surface area contributed by atoms with Gasteiger partial charge in [0, 0.05) is 54.3 Å². The van der Waals surface area contributed by atoms with Gasteiger partial charge < -0.3 is 18.9 Å². The Morgan fingerprint density at radius 3 is 1.80 bits per heavy atom. The summed E-state index contributed by atoms with van der Waals surface area (Å²) in [6.07, 6.45) is 0. The van der Waals surface area contributed by atoms with Crippen LogP contribution in [0.2, 0.25) is 0 Å². The van der Waals surface area contributed by atoms with Crippen LogP contribution in [-0.4, -0.2) is 28.4 Å². The lowest BCUT2D eigenvalue weighted by Crippen LogP contribution is -2.63. The third-order valence-electron chi connectivity index (χ3n) is 4.51. The molecule has 0 heterocycles. The third kappa shape index (κ3) is 2.60. The molecule has 0 aliphatic heterocycles. The largest absolute Gasteiger partial charge is 0.345 e. The Labute approximate surface area is 161 Å². The van der Waals surface area contributed by atoms with Crippen LogP contribution in [0.25, 0.3) is 0 Å². The van der Waals surface area contributed by atoms with E-state index in [2.05, 4.69) is 34.4 Å². The molecule has 0 amide bonds. The minimum Gasteiger partial charge on any atom is -0.345 e. The molecule has 1 aliphatic rings. The Hall–Kier alpha value is -1.43. The van der Waals surface area contributed by atoms with Gasteiger partial charge in [-0.15, -0.1) is 0 Å². The second-order valence-electron chi connectivity index (χ2n) is 5.54. The molecule has 0 aromatic heterocycles. The van der Waals surface area contributed by atoms with Gasteiger partial charge in [-0.2, -0.15) is 0 Å². The first kappa shape index (κ1) is 18.4. The predicted molar refractivity (Wildman–Crippen MR) is 103 cm³/mol. The van der Waals surface area contributed by atoms with Gasteiger partial charge in [0.05, 0.1) is 0 Å². The second-order valence-corrected chi connectivity index (χ2v) is 6.71. The summed E-state index contributed by atoms with van der Waals surface area (Å²) in [6, 6.07) is 13.9. The fourth-order valence-corrected chi connectivity index (χ4v) is 3.91. The summed E-state index contributed by atoms with van der Waals surface area (Å²) in [5, 5.41) is 0. The molecule has 130 valence electrons. The molecule has 0 atom stereocenters. The maximum Gasteiger partial charge on any atom is 0.256 e. The van der Waals surface area contributed by atoms with E-state index in [4.69, 9.17) is 18.9 Å². The van der Waals surface area contributed by atoms with Gasteiger partial charge in [0.15, 0.2) is 0 Å². The molecule has 0 unspecified atom stereocenters. The van der Waals surface area contributed by atoms with Crippen LogP contribution in [0.4, 0.5) is 0 Å². The van der Waals surface area contributed by atoms with Crippen LogP contribution >= 0.6 is 22.6 Å². The zero-order valence-corrected chi connectivity index (χ0v) is 16.7. The Bertz CT molecular complexity index is 828. The van der Waals surface area contributed by atoms with Gasteiger partial charge in [0.1, 0.15) is 0 Å². The van der Waals surface area contributed by atoms with Crippen LogP contribution in [0.5, 0.6) is 0 Å². The average Bonchev–Trinajstić information content (AvgIpc) is 2.65. The van der Waals surface area contributed by atoms with E-state index in [9.17, 15) is 0 Å². The zero-order chi connectivity index (χ0) is 18.1. The maximum atomic E-state index is 5.68. The molecule has 0 N–H and O–H groups in total. The van der Waals surface area contributed by atoms with Crippen LogP contribution in [0, 0.1) is 15.4 Å². The fourth-order valence-electron chi connectivity index (χ4n) is 3.31. The van der Waals surface area contributed by atoms with E-state index in [1.807, 2.05) is 42.5 Å². The van der Waals surface area contributed by atoms with Crippen molar-refractivity contribution in [2.75, 3.05) is 28.4 Å². The standard InChI is InChI=1S/C20H19IO4/c1-22-19(23-2)16-12-15(11-10-14-8-6-5-7-9-14)18(21)13-17(16)20(19,24-3)25-4/h5-9,12-13H,1-4H3. The van der Waals surface area contributed by atoms with E-state index in [1.165, 1.54) is 0 Å². The van der Waals surface area contributed by atoms with Crippen molar-refractivity contribution in [2.24, 2.45) is 0 Å².